The minimum Gasteiger partial charge on any atom is -0.453 e. The van der Waals surface area contributed by atoms with E-state index < -0.39 is 30.3 Å². The fourth-order valence-corrected chi connectivity index (χ4v) is 9.83. The van der Waals surface area contributed by atoms with E-state index in [-0.39, 0.29) is 41.5 Å². The van der Waals surface area contributed by atoms with Crippen molar-refractivity contribution in [2.45, 2.75) is 103 Å². The lowest BCUT2D eigenvalue weighted by molar-refractivity contribution is -0.139. The number of carbonyl (C=O) groups is 5. The van der Waals surface area contributed by atoms with Crippen LogP contribution in [0, 0.1) is 17.8 Å². The maximum atomic E-state index is 13.9. The first-order valence-electron chi connectivity index (χ1n) is 23.0. The summed E-state index contributed by atoms with van der Waals surface area (Å²) in [5, 5.41) is 8.48. The van der Waals surface area contributed by atoms with Crippen LogP contribution in [0.4, 0.5) is 15.3 Å². The molecule has 1 aromatic heterocycles. The molecule has 3 fully saturated rings. The van der Waals surface area contributed by atoms with E-state index in [1.54, 1.807) is 4.90 Å². The van der Waals surface area contributed by atoms with Crippen LogP contribution in [-0.4, -0.2) is 95.1 Å². The number of allylic oxidation sites excluding steroid dienone is 2. The zero-order valence-electron chi connectivity index (χ0n) is 38.6. The van der Waals surface area contributed by atoms with E-state index in [1.165, 1.54) is 36.5 Å². The first-order chi connectivity index (χ1) is 31.2. The molecule has 6 atom stereocenters. The lowest BCUT2D eigenvalue weighted by Gasteiger charge is -2.30. The van der Waals surface area contributed by atoms with E-state index in [0.717, 1.165) is 46.6 Å². The van der Waals surface area contributed by atoms with Crippen LogP contribution in [-0.2, 0) is 23.9 Å². The van der Waals surface area contributed by atoms with E-state index in [0.29, 0.717) is 43.5 Å². The third-order valence-electron chi connectivity index (χ3n) is 13.4. The van der Waals surface area contributed by atoms with Gasteiger partial charge in [0.1, 0.15) is 23.9 Å². The zero-order valence-corrected chi connectivity index (χ0v) is 38.6. The summed E-state index contributed by atoms with van der Waals surface area (Å²) in [7, 11) is 2.55. The fraction of sp³-hybridized carbons (Fsp3) is 0.451. The first kappa shape index (κ1) is 45.1. The molecule has 342 valence electrons. The summed E-state index contributed by atoms with van der Waals surface area (Å²) >= 11 is 0. The summed E-state index contributed by atoms with van der Waals surface area (Å²) in [6.07, 6.45) is 5.67. The molecule has 1 saturated carbocycles. The molecule has 2 unspecified atom stereocenters. The van der Waals surface area contributed by atoms with Crippen molar-refractivity contribution >= 4 is 35.6 Å². The number of aromatic nitrogens is 2. The Balaban J connectivity index is 1.02. The first-order valence-corrected chi connectivity index (χ1v) is 23.0. The lowest BCUT2D eigenvalue weighted by Crippen LogP contribution is -2.54. The standard InChI is InChI=1S/C51H61N7O7/c1-27(2)41-34(30-16-18-31(19-17-30)38-26-52-46(54-38)39-14-10-22-57(39)48(60)44(28(3)4)55-50(62)64-7)20-21-35(43(41)42-36-25-37(36)42)32-12-9-13-33(24-32)53-47(59)40-15-11-23-58(40)49(61)45(29(5)6)56-51(63)65-8/h9,12-13,16-21,24-29,36,39-40,42,44-45H,10-11,14-15,22-23H2,1-8H3,(H,52,54)(H,53,59)(H,55,62)(H,56,63)/t36?,39-,40-,42?,44-,45-/m0/s1. The van der Waals surface area contributed by atoms with Gasteiger partial charge in [-0.05, 0) is 94.5 Å². The number of alkyl carbamates (subject to hydrolysis) is 2. The molecule has 0 bridgehead atoms. The second-order valence-corrected chi connectivity index (χ2v) is 18.7. The van der Waals surface area contributed by atoms with Crippen molar-refractivity contribution in [3.05, 3.63) is 95.5 Å². The molecule has 14 nitrogen and oxygen atoms in total. The molecule has 0 spiro atoms. The van der Waals surface area contributed by atoms with Gasteiger partial charge in [0.2, 0.25) is 17.7 Å². The Morgan fingerprint density at radius 2 is 1.34 bits per heavy atom. The molecule has 8 rings (SSSR count). The van der Waals surface area contributed by atoms with E-state index >= 15 is 0 Å². The summed E-state index contributed by atoms with van der Waals surface area (Å²) < 4.78 is 9.56. The molecule has 65 heavy (non-hydrogen) atoms. The van der Waals surface area contributed by atoms with E-state index in [4.69, 9.17) is 14.5 Å². The Kier molecular flexibility index (Phi) is 12.9. The molecule has 3 heterocycles. The van der Waals surface area contributed by atoms with Gasteiger partial charge >= 0.3 is 12.2 Å². The molecule has 2 aliphatic carbocycles. The van der Waals surface area contributed by atoms with Crippen LogP contribution in [0.3, 0.4) is 0 Å². The van der Waals surface area contributed by atoms with Crippen molar-refractivity contribution in [1.29, 1.82) is 0 Å². The SMILES string of the molecule is COC(=O)N[C@H](C(=O)N1CCC[C@H]1C(=O)Nc1cccc(-c2ccc(-c3ccc(-c4cnc([C@@H]5CCCN5C(=O)[C@@H](NC(=O)OC)C(C)C)[nH]4)cc3)c(C(C)C)c2C2C3=CC32)c1)C(C)C. The van der Waals surface area contributed by atoms with Gasteiger partial charge in [0.15, 0.2) is 0 Å². The number of methoxy groups -OCH3 is 2. The van der Waals surface area contributed by atoms with Gasteiger partial charge in [-0.3, -0.25) is 14.4 Å². The number of H-pyrrole nitrogens is 1. The third kappa shape index (κ3) is 9.12. The number of amides is 5. The van der Waals surface area contributed by atoms with Gasteiger partial charge in [-0.25, -0.2) is 14.6 Å². The van der Waals surface area contributed by atoms with Crippen LogP contribution in [0.25, 0.3) is 33.5 Å². The van der Waals surface area contributed by atoms with Crippen LogP contribution in [0.5, 0.6) is 0 Å². The number of benzene rings is 3. The number of carbonyl (C=O) groups excluding carboxylic acids is 5. The van der Waals surface area contributed by atoms with Gasteiger partial charge in [-0.2, -0.15) is 0 Å². The Bertz CT molecular complexity index is 2510. The van der Waals surface area contributed by atoms with E-state index in [9.17, 15) is 24.0 Å². The van der Waals surface area contributed by atoms with Gasteiger partial charge < -0.3 is 40.2 Å². The molecule has 2 saturated heterocycles. The average molecular weight is 884 g/mol. The summed E-state index contributed by atoms with van der Waals surface area (Å²) in [5.74, 6) is 0.810. The fourth-order valence-electron chi connectivity index (χ4n) is 9.83. The number of rotatable bonds is 14. The van der Waals surface area contributed by atoms with Gasteiger partial charge in [-0.15, -0.1) is 0 Å². The highest BCUT2D eigenvalue weighted by atomic mass is 16.5. The average Bonchev–Trinajstić information content (AvgIpc) is 3.89. The van der Waals surface area contributed by atoms with Gasteiger partial charge in [0, 0.05) is 30.6 Å². The monoisotopic (exact) mass is 883 g/mol. The number of imidazole rings is 1. The van der Waals surface area contributed by atoms with Crippen LogP contribution < -0.4 is 16.0 Å². The topological polar surface area (TPSA) is 175 Å². The summed E-state index contributed by atoms with van der Waals surface area (Å²) in [6, 6.07) is 18.5. The third-order valence-corrected chi connectivity index (χ3v) is 13.4. The maximum Gasteiger partial charge on any atom is 0.407 e. The van der Waals surface area contributed by atoms with E-state index in [1.807, 2.05) is 57.0 Å². The number of aromatic amines is 1. The Morgan fingerprint density at radius 3 is 1.94 bits per heavy atom. The minimum atomic E-state index is -0.807. The Hall–Kier alpha value is -6.44. The molecular formula is C51H61N7O7. The van der Waals surface area contributed by atoms with Crippen LogP contribution >= 0.6 is 0 Å². The van der Waals surface area contributed by atoms with Crippen molar-refractivity contribution in [3.63, 3.8) is 0 Å². The molecule has 5 amide bonds. The van der Waals surface area contributed by atoms with Crippen molar-refractivity contribution < 1.29 is 33.4 Å². The van der Waals surface area contributed by atoms with Crippen molar-refractivity contribution in [3.8, 4) is 33.5 Å². The molecule has 4 N–H and O–H groups in total. The predicted molar refractivity (Wildman–Crippen MR) is 249 cm³/mol. The normalized spacial score (nSPS) is 20.6. The lowest BCUT2D eigenvalue weighted by atomic mass is 9.81. The van der Waals surface area contributed by atoms with Crippen molar-refractivity contribution in [2.24, 2.45) is 17.8 Å². The second-order valence-electron chi connectivity index (χ2n) is 18.7. The minimum absolute atomic E-state index is 0.118. The number of hydrogen-bond donors (Lipinski definition) is 4. The number of anilines is 1. The molecule has 2 aliphatic heterocycles. The highest BCUT2D eigenvalue weighted by molar-refractivity contribution is 5.99. The summed E-state index contributed by atoms with van der Waals surface area (Å²) in [5.41, 5.74) is 11.0. The van der Waals surface area contributed by atoms with E-state index in [2.05, 4.69) is 83.3 Å². The number of nitrogens with one attached hydrogen (secondary N) is 4. The molecule has 14 heteroatoms. The van der Waals surface area contributed by atoms with Crippen molar-refractivity contribution in [1.82, 2.24) is 30.4 Å². The molecule has 3 aromatic carbocycles. The van der Waals surface area contributed by atoms with Crippen LogP contribution in [0.1, 0.15) is 102 Å². The number of likely N-dealkylation sites (tertiary alicyclic amines) is 2. The second kappa shape index (κ2) is 18.6. The number of hydrogen-bond acceptors (Lipinski definition) is 8. The van der Waals surface area contributed by atoms with Gasteiger partial charge in [0.05, 0.1) is 32.2 Å². The van der Waals surface area contributed by atoms with Gasteiger partial charge in [0.25, 0.3) is 0 Å². The zero-order chi connectivity index (χ0) is 46.3. The highest BCUT2D eigenvalue weighted by Crippen LogP contribution is 2.69. The summed E-state index contributed by atoms with van der Waals surface area (Å²) in [4.78, 5) is 77.0. The van der Waals surface area contributed by atoms with Crippen LogP contribution in [0.15, 0.2) is 78.5 Å². The molecule has 4 aliphatic rings. The van der Waals surface area contributed by atoms with Gasteiger partial charge in [-0.1, -0.05) is 102 Å². The number of ether oxygens (including phenoxy) is 2. The smallest absolute Gasteiger partial charge is 0.407 e. The van der Waals surface area contributed by atoms with Crippen LogP contribution in [0.2, 0.25) is 0 Å². The predicted octanol–water partition coefficient (Wildman–Crippen LogP) is 8.54. The quantitative estimate of drug-likeness (QED) is 0.0912. The Morgan fingerprint density at radius 1 is 0.738 bits per heavy atom. The summed E-state index contributed by atoms with van der Waals surface area (Å²) in [6.45, 7) is 13.0. The number of fused-ring (bicyclic) bond motifs is 1. The maximum absolute atomic E-state index is 13.9. The number of nitrogens with zero attached hydrogens (tertiary/aromatic N) is 3. The highest BCUT2D eigenvalue weighted by Gasteiger charge is 2.56. The molecular weight excluding hydrogens is 823 g/mol. The Labute approximate surface area is 380 Å². The molecule has 4 aromatic rings. The molecule has 0 radical (unpaired) electrons. The van der Waals surface area contributed by atoms with Crippen molar-refractivity contribution in [2.75, 3.05) is 32.6 Å². The largest absolute Gasteiger partial charge is 0.453 e.